The van der Waals surface area contributed by atoms with E-state index in [1.165, 1.54) is 17.0 Å². The predicted molar refractivity (Wildman–Crippen MR) is 104 cm³/mol. The highest BCUT2D eigenvalue weighted by Crippen LogP contribution is 2.29. The summed E-state index contributed by atoms with van der Waals surface area (Å²) in [5, 5.41) is 4.78. The maximum atomic E-state index is 13.3. The average Bonchev–Trinajstić information content (AvgIpc) is 3.15. The van der Waals surface area contributed by atoms with Crippen molar-refractivity contribution in [3.05, 3.63) is 84.9 Å². The molecule has 0 aliphatic heterocycles. The van der Waals surface area contributed by atoms with Crippen molar-refractivity contribution in [2.24, 2.45) is 0 Å². The molecule has 26 heavy (non-hydrogen) atoms. The molecule has 0 atom stereocenters. The Morgan fingerprint density at radius 2 is 1.54 bits per heavy atom. The van der Waals surface area contributed by atoms with Crippen molar-refractivity contribution in [1.29, 1.82) is 0 Å². The summed E-state index contributed by atoms with van der Waals surface area (Å²) in [5.74, 6) is -0.265. The molecule has 0 amide bonds. The van der Waals surface area contributed by atoms with Gasteiger partial charge in [-0.25, -0.2) is 9.07 Å². The number of rotatable bonds is 4. The smallest absolute Gasteiger partial charge is 0.123 e. The Bertz CT molecular complexity index is 1010. The maximum absolute atomic E-state index is 13.3. The van der Waals surface area contributed by atoms with Crippen molar-refractivity contribution < 1.29 is 4.39 Å². The Morgan fingerprint density at radius 3 is 2.19 bits per heavy atom. The lowest BCUT2D eigenvalue weighted by atomic mass is 10.1. The molecule has 0 fully saturated rings. The Labute approximate surface area is 155 Å². The van der Waals surface area contributed by atoms with E-state index in [-0.39, 0.29) is 5.82 Å². The summed E-state index contributed by atoms with van der Waals surface area (Å²) in [4.78, 5) is 5.30. The second kappa shape index (κ2) is 7.14. The molecule has 0 bridgehead atoms. The highest BCUT2D eigenvalue weighted by molar-refractivity contribution is 7.98. The first-order valence-corrected chi connectivity index (χ1v) is 9.38. The van der Waals surface area contributed by atoms with Crippen LogP contribution in [0.3, 0.4) is 0 Å². The van der Waals surface area contributed by atoms with Gasteiger partial charge in [-0.3, -0.25) is 4.98 Å². The first-order chi connectivity index (χ1) is 12.7. The van der Waals surface area contributed by atoms with Crippen molar-refractivity contribution in [2.45, 2.75) is 4.90 Å². The number of thioether (sulfide) groups is 1. The molecular weight excluding hydrogens is 345 g/mol. The number of pyridine rings is 1. The first kappa shape index (κ1) is 16.5. The van der Waals surface area contributed by atoms with E-state index in [0.29, 0.717) is 0 Å². The molecule has 0 spiro atoms. The van der Waals surface area contributed by atoms with Crippen LogP contribution in [0.15, 0.2) is 84.0 Å². The molecule has 3 nitrogen and oxygen atoms in total. The number of benzene rings is 2. The molecule has 0 saturated heterocycles. The average molecular weight is 361 g/mol. The van der Waals surface area contributed by atoms with E-state index in [1.54, 1.807) is 36.3 Å². The van der Waals surface area contributed by atoms with E-state index >= 15 is 0 Å². The molecule has 0 saturated carbocycles. The zero-order valence-corrected chi connectivity index (χ0v) is 14.9. The van der Waals surface area contributed by atoms with E-state index in [0.717, 1.165) is 28.2 Å². The van der Waals surface area contributed by atoms with Crippen LogP contribution < -0.4 is 0 Å². The summed E-state index contributed by atoms with van der Waals surface area (Å²) in [6.07, 6.45) is 5.56. The third-order valence-corrected chi connectivity index (χ3v) is 4.89. The van der Waals surface area contributed by atoms with Gasteiger partial charge in [-0.2, -0.15) is 5.10 Å². The summed E-state index contributed by atoms with van der Waals surface area (Å²) in [6.45, 7) is 0. The van der Waals surface area contributed by atoms with Gasteiger partial charge in [0, 0.05) is 28.4 Å². The highest BCUT2D eigenvalue weighted by atomic mass is 32.2. The molecule has 0 aliphatic rings. The van der Waals surface area contributed by atoms with Crippen molar-refractivity contribution in [2.75, 3.05) is 6.26 Å². The van der Waals surface area contributed by atoms with Gasteiger partial charge in [0.15, 0.2) is 0 Å². The van der Waals surface area contributed by atoms with Gasteiger partial charge in [-0.05, 0) is 60.9 Å². The lowest BCUT2D eigenvalue weighted by Gasteiger charge is -2.07. The van der Waals surface area contributed by atoms with Gasteiger partial charge in [0.2, 0.25) is 0 Å². The van der Waals surface area contributed by atoms with Crippen LogP contribution >= 0.6 is 11.8 Å². The summed E-state index contributed by atoms with van der Waals surface area (Å²) in [6, 6.07) is 20.6. The topological polar surface area (TPSA) is 30.7 Å². The molecule has 4 aromatic rings. The number of nitrogens with zero attached hydrogens (tertiary/aromatic N) is 3. The van der Waals surface area contributed by atoms with Crippen LogP contribution in [-0.4, -0.2) is 21.0 Å². The van der Waals surface area contributed by atoms with Crippen LogP contribution in [0.5, 0.6) is 0 Å². The molecule has 2 aromatic carbocycles. The zero-order valence-electron chi connectivity index (χ0n) is 14.1. The fraction of sp³-hybridized carbons (Fsp3) is 0.0476. The Kier molecular flexibility index (Phi) is 4.54. The SMILES string of the molecule is CSc1ccc(-c2cc(-c3ccncc3)n(-c3ccc(F)cc3)n2)cc1. The normalized spacial score (nSPS) is 10.8. The van der Waals surface area contributed by atoms with Crippen molar-refractivity contribution in [1.82, 2.24) is 14.8 Å². The van der Waals surface area contributed by atoms with E-state index < -0.39 is 0 Å². The Hall–Kier alpha value is -2.92. The molecule has 2 aromatic heterocycles. The second-order valence-corrected chi connectivity index (χ2v) is 6.65. The number of aromatic nitrogens is 3. The quantitative estimate of drug-likeness (QED) is 0.452. The number of halogens is 1. The fourth-order valence-electron chi connectivity index (χ4n) is 2.79. The summed E-state index contributed by atoms with van der Waals surface area (Å²) >= 11 is 1.71. The summed E-state index contributed by atoms with van der Waals surface area (Å²) in [5.41, 5.74) is 4.66. The minimum absolute atomic E-state index is 0.265. The molecule has 2 heterocycles. The molecule has 128 valence electrons. The van der Waals surface area contributed by atoms with E-state index in [4.69, 9.17) is 5.10 Å². The lowest BCUT2D eigenvalue weighted by molar-refractivity contribution is 0.627. The first-order valence-electron chi connectivity index (χ1n) is 8.15. The largest absolute Gasteiger partial charge is 0.265 e. The number of hydrogen-bond acceptors (Lipinski definition) is 3. The van der Waals surface area contributed by atoms with E-state index in [9.17, 15) is 4.39 Å². The molecule has 0 aliphatic carbocycles. The van der Waals surface area contributed by atoms with Crippen molar-refractivity contribution >= 4 is 11.8 Å². The van der Waals surface area contributed by atoms with Gasteiger partial charge < -0.3 is 0 Å². The third-order valence-electron chi connectivity index (χ3n) is 4.14. The van der Waals surface area contributed by atoms with Crippen LogP contribution in [-0.2, 0) is 0 Å². The standard InChI is InChI=1S/C21H16FN3S/c1-26-19-8-2-15(3-9-19)20-14-21(16-10-12-23-13-11-16)25(24-20)18-6-4-17(22)5-7-18/h2-14H,1H3. The predicted octanol–water partition coefficient (Wildman–Crippen LogP) is 5.46. The van der Waals surface area contributed by atoms with Crippen LogP contribution in [0.2, 0.25) is 0 Å². The van der Waals surface area contributed by atoms with Gasteiger partial charge >= 0.3 is 0 Å². The molecule has 0 radical (unpaired) electrons. The molecule has 5 heteroatoms. The molecule has 0 N–H and O–H groups in total. The highest BCUT2D eigenvalue weighted by Gasteiger charge is 2.13. The van der Waals surface area contributed by atoms with Crippen molar-refractivity contribution in [3.63, 3.8) is 0 Å². The van der Waals surface area contributed by atoms with Crippen LogP contribution in [0.4, 0.5) is 4.39 Å². The zero-order chi connectivity index (χ0) is 17.9. The minimum Gasteiger partial charge on any atom is -0.265 e. The minimum atomic E-state index is -0.265. The molecule has 4 rings (SSSR count). The van der Waals surface area contributed by atoms with Gasteiger partial charge in [-0.15, -0.1) is 11.8 Å². The van der Waals surface area contributed by atoms with Gasteiger partial charge in [0.25, 0.3) is 0 Å². The Morgan fingerprint density at radius 1 is 0.846 bits per heavy atom. The fourth-order valence-corrected chi connectivity index (χ4v) is 3.20. The summed E-state index contributed by atoms with van der Waals surface area (Å²) in [7, 11) is 0. The number of hydrogen-bond donors (Lipinski definition) is 0. The van der Waals surface area contributed by atoms with Crippen LogP contribution in [0.25, 0.3) is 28.2 Å². The van der Waals surface area contributed by atoms with E-state index in [1.807, 2.05) is 22.9 Å². The van der Waals surface area contributed by atoms with Gasteiger partial charge in [-0.1, -0.05) is 12.1 Å². The lowest BCUT2D eigenvalue weighted by Crippen LogP contribution is -1.99. The van der Waals surface area contributed by atoms with Gasteiger partial charge in [0.05, 0.1) is 17.1 Å². The molecule has 0 unspecified atom stereocenters. The second-order valence-electron chi connectivity index (χ2n) is 5.77. The van der Waals surface area contributed by atoms with Gasteiger partial charge in [0.1, 0.15) is 5.82 Å². The summed E-state index contributed by atoms with van der Waals surface area (Å²) < 4.78 is 15.2. The van der Waals surface area contributed by atoms with E-state index in [2.05, 4.69) is 35.5 Å². The Balaban J connectivity index is 1.85. The monoisotopic (exact) mass is 361 g/mol. The third kappa shape index (κ3) is 3.26. The molecular formula is C21H16FN3S. The van der Waals surface area contributed by atoms with Crippen molar-refractivity contribution in [3.8, 4) is 28.2 Å². The van der Waals surface area contributed by atoms with Crippen LogP contribution in [0, 0.1) is 5.82 Å². The maximum Gasteiger partial charge on any atom is 0.123 e. The van der Waals surface area contributed by atoms with Crippen LogP contribution in [0.1, 0.15) is 0 Å².